The van der Waals surface area contributed by atoms with E-state index in [1.807, 2.05) is 6.92 Å². The highest BCUT2D eigenvalue weighted by molar-refractivity contribution is 4.99. The molecule has 0 spiro atoms. The summed E-state index contributed by atoms with van der Waals surface area (Å²) in [6.07, 6.45) is 3.19. The zero-order valence-electron chi connectivity index (χ0n) is 7.21. The van der Waals surface area contributed by atoms with Crippen LogP contribution in [0.5, 0.6) is 0 Å². The van der Waals surface area contributed by atoms with Crippen LogP contribution in [0.4, 0.5) is 0 Å². The van der Waals surface area contributed by atoms with Crippen molar-refractivity contribution in [3.8, 4) is 0 Å². The molecule has 1 aromatic heterocycles. The van der Waals surface area contributed by atoms with Crippen LogP contribution in [0.15, 0.2) is 22.3 Å². The van der Waals surface area contributed by atoms with Gasteiger partial charge in [0.15, 0.2) is 0 Å². The SMILES string of the molecule is Cc1cnc(=O)n(CCN=[N+]=[N-])c1. The Morgan fingerprint density at radius 1 is 1.77 bits per heavy atom. The van der Waals surface area contributed by atoms with Crippen molar-refractivity contribution in [2.24, 2.45) is 5.11 Å². The molecule has 0 radical (unpaired) electrons. The molecule has 68 valence electrons. The first-order valence-corrected chi connectivity index (χ1v) is 3.78. The van der Waals surface area contributed by atoms with Gasteiger partial charge in [-0.15, -0.1) is 0 Å². The number of azide groups is 1. The summed E-state index contributed by atoms with van der Waals surface area (Å²) >= 11 is 0. The summed E-state index contributed by atoms with van der Waals surface area (Å²) in [7, 11) is 0. The lowest BCUT2D eigenvalue weighted by Crippen LogP contribution is -2.23. The Bertz CT molecular complexity index is 390. The Hall–Kier alpha value is -1.81. The van der Waals surface area contributed by atoms with Crippen LogP contribution < -0.4 is 5.69 Å². The van der Waals surface area contributed by atoms with Crippen molar-refractivity contribution in [2.45, 2.75) is 13.5 Å². The van der Waals surface area contributed by atoms with Gasteiger partial charge in [0, 0.05) is 30.4 Å². The number of aryl methyl sites for hydroxylation is 1. The van der Waals surface area contributed by atoms with Crippen molar-refractivity contribution in [3.63, 3.8) is 0 Å². The Kier molecular flexibility index (Phi) is 3.05. The maximum Gasteiger partial charge on any atom is 0.347 e. The van der Waals surface area contributed by atoms with Gasteiger partial charge in [0.05, 0.1) is 0 Å². The molecule has 1 heterocycles. The zero-order chi connectivity index (χ0) is 9.68. The van der Waals surface area contributed by atoms with Crippen LogP contribution in [0.3, 0.4) is 0 Å². The quantitative estimate of drug-likeness (QED) is 0.391. The van der Waals surface area contributed by atoms with Crippen LogP contribution in [0.2, 0.25) is 0 Å². The van der Waals surface area contributed by atoms with E-state index in [2.05, 4.69) is 15.0 Å². The van der Waals surface area contributed by atoms with Gasteiger partial charge in [-0.05, 0) is 18.0 Å². The fourth-order valence-corrected chi connectivity index (χ4v) is 0.923. The second-order valence-electron chi connectivity index (χ2n) is 2.56. The highest BCUT2D eigenvalue weighted by atomic mass is 16.1. The lowest BCUT2D eigenvalue weighted by atomic mass is 10.4. The van der Waals surface area contributed by atoms with Gasteiger partial charge in [-0.25, -0.2) is 9.78 Å². The highest BCUT2D eigenvalue weighted by Crippen LogP contribution is 1.89. The maximum absolute atomic E-state index is 11.1. The molecule has 0 aliphatic rings. The van der Waals surface area contributed by atoms with E-state index in [0.29, 0.717) is 6.54 Å². The Labute approximate surface area is 74.5 Å². The van der Waals surface area contributed by atoms with Crippen LogP contribution in [-0.4, -0.2) is 16.1 Å². The second kappa shape index (κ2) is 4.27. The van der Waals surface area contributed by atoms with Gasteiger partial charge in [-0.1, -0.05) is 5.11 Å². The van der Waals surface area contributed by atoms with Gasteiger partial charge in [0.25, 0.3) is 0 Å². The van der Waals surface area contributed by atoms with Crippen LogP contribution in [0.1, 0.15) is 5.56 Å². The van der Waals surface area contributed by atoms with Gasteiger partial charge in [-0.3, -0.25) is 4.57 Å². The van der Waals surface area contributed by atoms with E-state index in [1.165, 1.54) is 10.8 Å². The second-order valence-corrected chi connectivity index (χ2v) is 2.56. The maximum atomic E-state index is 11.1. The first-order chi connectivity index (χ1) is 6.24. The summed E-state index contributed by atoms with van der Waals surface area (Å²) < 4.78 is 1.42. The third-order valence-corrected chi connectivity index (χ3v) is 1.49. The summed E-state index contributed by atoms with van der Waals surface area (Å²) in [4.78, 5) is 17.3. The van der Waals surface area contributed by atoms with E-state index in [-0.39, 0.29) is 12.2 Å². The van der Waals surface area contributed by atoms with Gasteiger partial charge < -0.3 is 0 Å². The standard InChI is InChI=1S/C7H9N5O/c1-6-4-9-7(13)12(5-6)3-2-10-11-8/h4-5H,2-3H2,1H3. The molecular weight excluding hydrogens is 170 g/mol. The lowest BCUT2D eigenvalue weighted by Gasteiger charge is -2.01. The van der Waals surface area contributed by atoms with E-state index in [9.17, 15) is 4.79 Å². The average molecular weight is 179 g/mol. The van der Waals surface area contributed by atoms with E-state index in [4.69, 9.17) is 5.53 Å². The average Bonchev–Trinajstić information content (AvgIpc) is 2.11. The van der Waals surface area contributed by atoms with Crippen LogP contribution in [-0.2, 0) is 6.54 Å². The predicted octanol–water partition coefficient (Wildman–Crippen LogP) is 0.862. The number of aromatic nitrogens is 2. The van der Waals surface area contributed by atoms with Crippen molar-refractivity contribution >= 4 is 0 Å². The third-order valence-electron chi connectivity index (χ3n) is 1.49. The van der Waals surface area contributed by atoms with Crippen molar-refractivity contribution in [1.82, 2.24) is 9.55 Å². The smallest absolute Gasteiger partial charge is 0.299 e. The zero-order valence-corrected chi connectivity index (χ0v) is 7.21. The molecule has 0 unspecified atom stereocenters. The molecule has 0 aliphatic carbocycles. The molecule has 0 aliphatic heterocycles. The molecule has 1 aromatic rings. The molecular formula is C7H9N5O. The minimum absolute atomic E-state index is 0.265. The normalized spacial score (nSPS) is 9.31. The van der Waals surface area contributed by atoms with Crippen molar-refractivity contribution < 1.29 is 0 Å². The first kappa shape index (κ1) is 9.28. The minimum Gasteiger partial charge on any atom is -0.299 e. The molecule has 0 aromatic carbocycles. The number of hydrogen-bond donors (Lipinski definition) is 0. The molecule has 0 N–H and O–H groups in total. The summed E-state index contributed by atoms with van der Waals surface area (Å²) in [6, 6.07) is 0. The summed E-state index contributed by atoms with van der Waals surface area (Å²) in [6.45, 7) is 2.48. The molecule has 0 amide bonds. The third kappa shape index (κ3) is 2.61. The molecule has 0 atom stereocenters. The fraction of sp³-hybridized carbons (Fsp3) is 0.429. The topological polar surface area (TPSA) is 83.7 Å². The van der Waals surface area contributed by atoms with Crippen molar-refractivity contribution in [2.75, 3.05) is 6.54 Å². The van der Waals surface area contributed by atoms with Crippen LogP contribution >= 0.6 is 0 Å². The molecule has 0 saturated carbocycles. The molecule has 0 fully saturated rings. The Morgan fingerprint density at radius 2 is 2.54 bits per heavy atom. The minimum atomic E-state index is -0.321. The van der Waals surface area contributed by atoms with E-state index < -0.39 is 0 Å². The molecule has 6 heteroatoms. The predicted molar refractivity (Wildman–Crippen MR) is 47.2 cm³/mol. The van der Waals surface area contributed by atoms with Gasteiger partial charge in [-0.2, -0.15) is 0 Å². The van der Waals surface area contributed by atoms with Gasteiger partial charge in [0.1, 0.15) is 0 Å². The van der Waals surface area contributed by atoms with Crippen LogP contribution in [0.25, 0.3) is 10.4 Å². The molecule has 0 saturated heterocycles. The number of hydrogen-bond acceptors (Lipinski definition) is 3. The molecule has 1 rings (SSSR count). The van der Waals surface area contributed by atoms with Crippen molar-refractivity contribution in [3.05, 3.63) is 38.9 Å². The fourth-order valence-electron chi connectivity index (χ4n) is 0.923. The number of rotatable bonds is 3. The van der Waals surface area contributed by atoms with E-state index in [0.717, 1.165) is 5.56 Å². The highest BCUT2D eigenvalue weighted by Gasteiger charge is 1.95. The van der Waals surface area contributed by atoms with Gasteiger partial charge >= 0.3 is 5.69 Å². The van der Waals surface area contributed by atoms with E-state index >= 15 is 0 Å². The lowest BCUT2D eigenvalue weighted by molar-refractivity contribution is 0.654. The molecule has 13 heavy (non-hydrogen) atoms. The van der Waals surface area contributed by atoms with Crippen LogP contribution in [0, 0.1) is 6.92 Å². The van der Waals surface area contributed by atoms with Crippen molar-refractivity contribution in [1.29, 1.82) is 0 Å². The summed E-state index contributed by atoms with van der Waals surface area (Å²) in [5, 5.41) is 3.33. The summed E-state index contributed by atoms with van der Waals surface area (Å²) in [5.41, 5.74) is 8.61. The number of nitrogens with zero attached hydrogens (tertiary/aromatic N) is 5. The summed E-state index contributed by atoms with van der Waals surface area (Å²) in [5.74, 6) is 0. The Balaban J connectivity index is 2.81. The van der Waals surface area contributed by atoms with E-state index in [1.54, 1.807) is 6.20 Å². The van der Waals surface area contributed by atoms with Gasteiger partial charge in [0.2, 0.25) is 0 Å². The molecule has 0 bridgehead atoms. The molecule has 6 nitrogen and oxygen atoms in total. The Morgan fingerprint density at radius 3 is 3.23 bits per heavy atom. The monoisotopic (exact) mass is 179 g/mol. The first-order valence-electron chi connectivity index (χ1n) is 3.78. The largest absolute Gasteiger partial charge is 0.347 e.